The van der Waals surface area contributed by atoms with E-state index >= 15 is 0 Å². The fraction of sp³-hybridized carbons (Fsp3) is 0.345. The van der Waals surface area contributed by atoms with Crippen LogP contribution >= 0.6 is 0 Å². The van der Waals surface area contributed by atoms with Crippen LogP contribution in [0, 0.1) is 5.82 Å². The van der Waals surface area contributed by atoms with Crippen molar-refractivity contribution in [2.45, 2.75) is 19.3 Å². The number of hydrogen-bond donors (Lipinski definition) is 4. The minimum Gasteiger partial charge on any atom is -0.383 e. The van der Waals surface area contributed by atoms with Crippen LogP contribution in [-0.2, 0) is 28.7 Å². The third-order valence-corrected chi connectivity index (χ3v) is 7.20. The average molecular weight is 617 g/mol. The van der Waals surface area contributed by atoms with Crippen molar-refractivity contribution < 1.29 is 31.8 Å². The molecule has 0 spiro atoms. The molecule has 44 heavy (non-hydrogen) atoms. The Kier molecular flexibility index (Phi) is 9.58. The molecular weight excluding hydrogens is 584 g/mol. The third kappa shape index (κ3) is 7.07. The molecule has 2 amide bonds. The molecule has 2 aromatic carbocycles. The Morgan fingerprint density at radius 1 is 1.11 bits per heavy atom. The van der Waals surface area contributed by atoms with E-state index in [4.69, 9.17) is 15.2 Å². The van der Waals surface area contributed by atoms with Gasteiger partial charge in [-0.25, -0.2) is 18.7 Å². The molecule has 0 radical (unpaired) electrons. The molecule has 0 atom stereocenters. The van der Waals surface area contributed by atoms with Crippen LogP contribution in [0.2, 0.25) is 0 Å². The Labute approximate surface area is 250 Å². The molecule has 0 saturated carbocycles. The predicted octanol–water partition coefficient (Wildman–Crippen LogP) is 4.35. The molecule has 3 heterocycles. The molecule has 11 nitrogen and oxygen atoms in total. The number of nitrogens with two attached hydrogens (primary N) is 1. The number of ether oxygens (including phenoxy) is 2. The first-order valence-corrected chi connectivity index (χ1v) is 13.8. The van der Waals surface area contributed by atoms with Gasteiger partial charge in [-0.1, -0.05) is 12.1 Å². The van der Waals surface area contributed by atoms with Crippen molar-refractivity contribution in [3.8, 4) is 11.1 Å². The summed E-state index contributed by atoms with van der Waals surface area (Å²) >= 11 is 0. The number of carbonyl (C=O) groups excluding carboxylic acids is 1. The Bertz CT molecular complexity index is 1610. The number of anilines is 3. The molecule has 15 heteroatoms. The highest BCUT2D eigenvalue weighted by Gasteiger charge is 2.31. The number of fused-ring (bicyclic) bond motifs is 1. The summed E-state index contributed by atoms with van der Waals surface area (Å²) in [6.45, 7) is 5.05. The van der Waals surface area contributed by atoms with Crippen LogP contribution in [0.1, 0.15) is 16.8 Å². The molecule has 0 aliphatic carbocycles. The van der Waals surface area contributed by atoms with Gasteiger partial charge in [-0.15, -0.1) is 0 Å². The molecule has 1 aliphatic rings. The smallest absolute Gasteiger partial charge is 0.383 e. The lowest BCUT2D eigenvalue weighted by Crippen LogP contribution is -2.36. The van der Waals surface area contributed by atoms with Gasteiger partial charge in [0.05, 0.1) is 36.8 Å². The maximum absolute atomic E-state index is 14.1. The number of halogens is 4. The summed E-state index contributed by atoms with van der Waals surface area (Å²) < 4.78 is 65.8. The number of benzene rings is 2. The fourth-order valence-electron chi connectivity index (χ4n) is 5.05. The standard InChI is InChI=1S/C29H32F4N8O3/c1-43-11-8-35-15-21-24(16-40-9-12-44-13-10-40)41-26(27(34)36-17-37-41)25(21)18-2-5-20(6-3-18)38-28(42)39-23-14-19(29(31,32)33)4-7-22(23)30/h2-7,14,17,35H,8-13,15-16H2,1H3,(H2,34,36,37)(H2,38,39,42). The zero-order valence-electron chi connectivity index (χ0n) is 23.9. The quantitative estimate of drug-likeness (QED) is 0.153. The molecular formula is C29H32F4N8O3. The van der Waals surface area contributed by atoms with Crippen molar-refractivity contribution in [1.82, 2.24) is 24.8 Å². The second-order valence-corrected chi connectivity index (χ2v) is 10.1. The van der Waals surface area contributed by atoms with E-state index < -0.39 is 29.3 Å². The van der Waals surface area contributed by atoms with Gasteiger partial charge < -0.3 is 31.2 Å². The molecule has 1 aliphatic heterocycles. The molecule has 1 fully saturated rings. The summed E-state index contributed by atoms with van der Waals surface area (Å²) in [7, 11) is 1.63. The monoisotopic (exact) mass is 616 g/mol. The van der Waals surface area contributed by atoms with Crippen molar-refractivity contribution in [3.05, 3.63) is 71.4 Å². The predicted molar refractivity (Wildman–Crippen MR) is 157 cm³/mol. The number of rotatable bonds is 10. The van der Waals surface area contributed by atoms with Gasteiger partial charge in [-0.3, -0.25) is 4.90 Å². The summed E-state index contributed by atoms with van der Waals surface area (Å²) in [4.78, 5) is 19.1. The highest BCUT2D eigenvalue weighted by atomic mass is 19.4. The molecule has 2 aromatic heterocycles. The van der Waals surface area contributed by atoms with E-state index in [1.54, 1.807) is 31.4 Å². The second-order valence-electron chi connectivity index (χ2n) is 10.1. The topological polar surface area (TPSA) is 131 Å². The van der Waals surface area contributed by atoms with Crippen LogP contribution in [0.25, 0.3) is 16.6 Å². The van der Waals surface area contributed by atoms with E-state index in [2.05, 4.69) is 30.9 Å². The number of aromatic nitrogens is 3. The summed E-state index contributed by atoms with van der Waals surface area (Å²) in [5, 5.41) is 12.6. The minimum atomic E-state index is -4.69. The molecule has 1 saturated heterocycles. The molecule has 5 rings (SSSR count). The van der Waals surface area contributed by atoms with Gasteiger partial charge in [0.25, 0.3) is 0 Å². The van der Waals surface area contributed by atoms with E-state index in [0.29, 0.717) is 74.7 Å². The summed E-state index contributed by atoms with van der Waals surface area (Å²) in [5.41, 5.74) is 9.19. The first kappa shape index (κ1) is 31.1. The number of nitrogens with zero attached hydrogens (tertiary/aromatic N) is 4. The second kappa shape index (κ2) is 13.5. The Morgan fingerprint density at radius 3 is 2.57 bits per heavy atom. The highest BCUT2D eigenvalue weighted by Crippen LogP contribution is 2.37. The molecule has 5 N–H and O–H groups in total. The van der Waals surface area contributed by atoms with E-state index in [1.165, 1.54) is 6.33 Å². The Balaban J connectivity index is 1.43. The number of alkyl halides is 3. The Hall–Kier alpha value is -4.31. The van der Waals surface area contributed by atoms with Crippen LogP contribution in [0.3, 0.4) is 0 Å². The molecule has 0 unspecified atom stereocenters. The largest absolute Gasteiger partial charge is 0.416 e. The zero-order chi connectivity index (χ0) is 31.3. The normalized spacial score (nSPS) is 14.2. The number of nitrogens with one attached hydrogen (secondary N) is 3. The van der Waals surface area contributed by atoms with E-state index in [1.807, 2.05) is 4.52 Å². The van der Waals surface area contributed by atoms with Gasteiger partial charge in [-0.05, 0) is 41.5 Å². The SMILES string of the molecule is COCCNCc1c(-c2ccc(NC(=O)Nc3cc(C(F)(F)F)ccc3F)cc2)c2c(N)ncnn2c1CN1CCOCC1. The first-order valence-electron chi connectivity index (χ1n) is 13.8. The number of carbonyl (C=O) groups is 1. The first-order chi connectivity index (χ1) is 21.2. The number of nitrogen functional groups attached to an aromatic ring is 1. The van der Waals surface area contributed by atoms with Crippen LogP contribution < -0.4 is 21.7 Å². The lowest BCUT2D eigenvalue weighted by molar-refractivity contribution is -0.137. The average Bonchev–Trinajstić information content (AvgIpc) is 3.30. The van der Waals surface area contributed by atoms with Gasteiger partial charge in [-0.2, -0.15) is 18.3 Å². The van der Waals surface area contributed by atoms with Gasteiger partial charge in [0.1, 0.15) is 17.7 Å². The van der Waals surface area contributed by atoms with Gasteiger partial charge in [0, 0.05) is 51.1 Å². The van der Waals surface area contributed by atoms with E-state index in [-0.39, 0.29) is 0 Å². The van der Waals surface area contributed by atoms with Crippen molar-refractivity contribution in [2.75, 3.05) is 62.9 Å². The van der Waals surface area contributed by atoms with Gasteiger partial charge >= 0.3 is 12.2 Å². The van der Waals surface area contributed by atoms with Crippen LogP contribution in [-0.4, -0.2) is 72.1 Å². The van der Waals surface area contributed by atoms with Gasteiger partial charge in [0.15, 0.2) is 5.82 Å². The maximum Gasteiger partial charge on any atom is 0.416 e. The third-order valence-electron chi connectivity index (χ3n) is 7.20. The number of hydrogen-bond acceptors (Lipinski definition) is 8. The maximum atomic E-state index is 14.1. The lowest BCUT2D eigenvalue weighted by Gasteiger charge is -2.26. The number of urea groups is 1. The van der Waals surface area contributed by atoms with Crippen LogP contribution in [0.5, 0.6) is 0 Å². The van der Waals surface area contributed by atoms with Crippen molar-refractivity contribution in [2.24, 2.45) is 0 Å². The number of amides is 2. The lowest BCUT2D eigenvalue weighted by atomic mass is 10.00. The van der Waals surface area contributed by atoms with Gasteiger partial charge in [0.2, 0.25) is 0 Å². The Morgan fingerprint density at radius 2 is 1.86 bits per heavy atom. The summed E-state index contributed by atoms with van der Waals surface area (Å²) in [6.07, 6.45) is -3.27. The number of methoxy groups -OCH3 is 1. The summed E-state index contributed by atoms with van der Waals surface area (Å²) in [6, 6.07) is 7.71. The van der Waals surface area contributed by atoms with Crippen molar-refractivity contribution in [3.63, 3.8) is 0 Å². The molecule has 0 bridgehead atoms. The van der Waals surface area contributed by atoms with E-state index in [0.717, 1.165) is 35.5 Å². The molecule has 234 valence electrons. The van der Waals surface area contributed by atoms with Crippen LogP contribution in [0.4, 0.5) is 39.5 Å². The van der Waals surface area contributed by atoms with E-state index in [9.17, 15) is 22.4 Å². The number of morpholine rings is 1. The zero-order valence-corrected chi connectivity index (χ0v) is 23.9. The van der Waals surface area contributed by atoms with Crippen molar-refractivity contribution in [1.29, 1.82) is 0 Å². The minimum absolute atomic E-state index is 0.297. The highest BCUT2D eigenvalue weighted by molar-refractivity contribution is 6.00. The summed E-state index contributed by atoms with van der Waals surface area (Å²) in [5.74, 6) is -0.700. The van der Waals surface area contributed by atoms with Crippen molar-refractivity contribution >= 4 is 28.7 Å². The fourth-order valence-corrected chi connectivity index (χ4v) is 5.05. The molecule has 4 aromatic rings. The van der Waals surface area contributed by atoms with Crippen LogP contribution in [0.15, 0.2) is 48.8 Å².